The number of nitrogens with zero attached hydrogens (tertiary/aromatic N) is 5. The number of fused-ring (bicyclic) bond motifs is 1. The molecule has 1 N–H and O–H groups in total. The maximum Gasteiger partial charge on any atom is 0.410 e. The van der Waals surface area contributed by atoms with Crippen LogP contribution in [0.4, 0.5) is 9.18 Å². The van der Waals surface area contributed by atoms with Crippen molar-refractivity contribution in [3.63, 3.8) is 0 Å². The first kappa shape index (κ1) is 35.0. The molecule has 48 heavy (non-hydrogen) atoms. The van der Waals surface area contributed by atoms with E-state index in [4.69, 9.17) is 14.2 Å². The predicted molar refractivity (Wildman–Crippen MR) is 180 cm³/mol. The minimum absolute atomic E-state index is 0.0869. The van der Waals surface area contributed by atoms with Gasteiger partial charge in [0.1, 0.15) is 23.5 Å². The molecule has 12 heteroatoms. The number of halogens is 1. The van der Waals surface area contributed by atoms with Crippen molar-refractivity contribution in [1.82, 2.24) is 24.8 Å². The number of hydrogen-bond acceptors (Lipinski definition) is 9. The van der Waals surface area contributed by atoms with E-state index in [0.29, 0.717) is 49.1 Å². The first-order valence-electron chi connectivity index (χ1n) is 16.5. The monoisotopic (exact) mass is 663 g/mol. The molecule has 0 radical (unpaired) electrons. The van der Waals surface area contributed by atoms with Crippen molar-refractivity contribution in [3.8, 4) is 5.75 Å². The lowest BCUT2D eigenvalue weighted by molar-refractivity contribution is -0.151. The first-order valence-corrected chi connectivity index (χ1v) is 16.5. The lowest BCUT2D eigenvalue weighted by atomic mass is 9.91. The van der Waals surface area contributed by atoms with E-state index >= 15 is 4.39 Å². The fourth-order valence-electron chi connectivity index (χ4n) is 6.13. The molecule has 1 amide bonds. The van der Waals surface area contributed by atoms with E-state index in [2.05, 4.69) is 15.2 Å². The van der Waals surface area contributed by atoms with Crippen LogP contribution in [0, 0.1) is 17.7 Å². The maximum absolute atomic E-state index is 15.3. The Kier molecular flexibility index (Phi) is 11.5. The molecule has 3 aromatic rings. The average molecular weight is 664 g/mol. The summed E-state index contributed by atoms with van der Waals surface area (Å²) in [6.45, 7) is 8.87. The van der Waals surface area contributed by atoms with Gasteiger partial charge in [-0.25, -0.2) is 13.9 Å². The smallest absolute Gasteiger partial charge is 0.410 e. The number of piperazine rings is 1. The van der Waals surface area contributed by atoms with Gasteiger partial charge in [-0.3, -0.25) is 4.79 Å². The topological polar surface area (TPSA) is 119 Å². The fraction of sp³-hybridized carbons (Fsp3) is 0.500. The molecule has 5 atom stereocenters. The van der Waals surface area contributed by atoms with Crippen LogP contribution in [-0.2, 0) is 20.8 Å². The summed E-state index contributed by atoms with van der Waals surface area (Å²) in [5.74, 6) is -0.710. The van der Waals surface area contributed by atoms with Crippen molar-refractivity contribution >= 4 is 29.2 Å². The Labute approximate surface area is 280 Å². The number of amides is 1. The number of carbonyl (C=O) groups is 2. The SMILES string of the molecule is COc1ccc(Cn2nnc3c(F)cc(/C=C(\C)[C@H]4OC(=O)C[C@@H](O)CC[C@@H](C)[C@@H](OC(=O)N5CCN(C)CC5)/C=C/[C@@H]4C)cc32)cc1. The van der Waals surface area contributed by atoms with Crippen LogP contribution in [0.15, 0.2) is 54.1 Å². The lowest BCUT2D eigenvalue weighted by Crippen LogP contribution is -2.48. The van der Waals surface area contributed by atoms with Crippen molar-refractivity contribution in [3.05, 3.63) is 71.1 Å². The zero-order chi connectivity index (χ0) is 34.4. The maximum atomic E-state index is 15.3. The van der Waals surface area contributed by atoms with Crippen LogP contribution in [0.5, 0.6) is 5.75 Å². The Morgan fingerprint density at radius 1 is 1.10 bits per heavy atom. The van der Waals surface area contributed by atoms with Gasteiger partial charge in [0.05, 0.1) is 31.7 Å². The first-order chi connectivity index (χ1) is 23.0. The van der Waals surface area contributed by atoms with Gasteiger partial charge in [0.2, 0.25) is 0 Å². The molecule has 11 nitrogen and oxygen atoms in total. The largest absolute Gasteiger partial charge is 0.497 e. The Morgan fingerprint density at radius 3 is 2.54 bits per heavy atom. The molecule has 258 valence electrons. The van der Waals surface area contributed by atoms with Crippen LogP contribution in [0.3, 0.4) is 0 Å². The molecule has 0 unspecified atom stereocenters. The number of hydrogen-bond donors (Lipinski definition) is 1. The lowest BCUT2D eigenvalue weighted by Gasteiger charge is -2.33. The second kappa shape index (κ2) is 15.7. The molecule has 2 aromatic carbocycles. The highest BCUT2D eigenvalue weighted by atomic mass is 19.1. The summed E-state index contributed by atoms with van der Waals surface area (Å²) in [5.41, 5.74) is 2.87. The van der Waals surface area contributed by atoms with E-state index in [9.17, 15) is 14.7 Å². The standard InChI is InChI=1S/C36H46FN5O6/c1-23-6-10-28(43)21-33(44)48-35(24(2)7-13-32(23)47-36(45)41-16-14-40(4)15-17-41)25(3)18-27-19-30(37)34-31(20-27)42(39-38-34)22-26-8-11-29(46-5)12-9-26/h7-9,11-13,18-20,23-24,28,32,35,43H,6,10,14-17,21-22H2,1-5H3/b13-7+,25-18+/t23-,24+,28+,32+,35+/m1/s1. The number of ether oxygens (including phenoxy) is 3. The Hall–Kier alpha value is -4.29. The van der Waals surface area contributed by atoms with Gasteiger partial charge in [-0.05, 0) is 79.8 Å². The van der Waals surface area contributed by atoms with Gasteiger partial charge in [0, 0.05) is 32.1 Å². The zero-order valence-corrected chi connectivity index (χ0v) is 28.3. The minimum Gasteiger partial charge on any atom is -0.497 e. The summed E-state index contributed by atoms with van der Waals surface area (Å²) in [5, 5.41) is 18.9. The number of methoxy groups -OCH3 is 1. The molecular weight excluding hydrogens is 617 g/mol. The Morgan fingerprint density at radius 2 is 1.83 bits per heavy atom. The molecule has 2 aliphatic rings. The summed E-state index contributed by atoms with van der Waals surface area (Å²) >= 11 is 0. The molecule has 1 aromatic heterocycles. The van der Waals surface area contributed by atoms with Gasteiger partial charge < -0.3 is 29.1 Å². The molecular formula is C36H46FN5O6. The molecule has 0 bridgehead atoms. The minimum atomic E-state index is -0.896. The Balaban J connectivity index is 1.39. The third-order valence-electron chi connectivity index (χ3n) is 9.19. The van der Waals surface area contributed by atoms with Crippen LogP contribution in [0.2, 0.25) is 0 Å². The van der Waals surface area contributed by atoms with E-state index in [1.54, 1.807) is 22.8 Å². The normalized spacial score (nSPS) is 25.6. The number of aliphatic hydroxyl groups is 1. The van der Waals surface area contributed by atoms with E-state index in [0.717, 1.165) is 24.4 Å². The number of carbonyl (C=O) groups excluding carboxylic acids is 2. The van der Waals surface area contributed by atoms with Crippen LogP contribution in [0.1, 0.15) is 51.2 Å². The summed E-state index contributed by atoms with van der Waals surface area (Å²) in [6.07, 6.45) is 3.82. The number of cyclic esters (lactones) is 1. The fourth-order valence-corrected chi connectivity index (χ4v) is 6.13. The third-order valence-corrected chi connectivity index (χ3v) is 9.19. The molecule has 5 rings (SSSR count). The molecule has 2 aliphatic heterocycles. The van der Waals surface area contributed by atoms with Crippen molar-refractivity contribution in [2.24, 2.45) is 11.8 Å². The van der Waals surface area contributed by atoms with E-state index < -0.39 is 30.1 Å². The number of benzene rings is 2. The number of aromatic nitrogens is 3. The van der Waals surface area contributed by atoms with E-state index in [-0.39, 0.29) is 29.9 Å². The van der Waals surface area contributed by atoms with Crippen molar-refractivity contribution < 1.29 is 33.3 Å². The van der Waals surface area contributed by atoms with E-state index in [1.165, 1.54) is 6.07 Å². The predicted octanol–water partition coefficient (Wildman–Crippen LogP) is 5.07. The molecule has 1 fully saturated rings. The number of likely N-dealkylation sites (N-methyl/N-ethyl adjacent to an activating group) is 1. The summed E-state index contributed by atoms with van der Waals surface area (Å²) in [6, 6.07) is 10.7. The molecule has 0 spiro atoms. The highest BCUT2D eigenvalue weighted by molar-refractivity contribution is 5.79. The van der Waals surface area contributed by atoms with Gasteiger partial charge in [-0.15, -0.1) is 5.10 Å². The van der Waals surface area contributed by atoms with Gasteiger partial charge in [-0.1, -0.05) is 43.3 Å². The number of rotatable bonds is 6. The van der Waals surface area contributed by atoms with Gasteiger partial charge >= 0.3 is 12.1 Å². The molecule has 0 saturated carbocycles. The molecule has 0 aliphatic carbocycles. The average Bonchev–Trinajstić information content (AvgIpc) is 3.47. The van der Waals surface area contributed by atoms with Crippen molar-refractivity contribution in [2.75, 3.05) is 40.3 Å². The van der Waals surface area contributed by atoms with Gasteiger partial charge in [-0.2, -0.15) is 0 Å². The molecule has 1 saturated heterocycles. The van der Waals surface area contributed by atoms with Crippen molar-refractivity contribution in [2.45, 2.75) is 64.9 Å². The van der Waals surface area contributed by atoms with Gasteiger partial charge in [0.25, 0.3) is 0 Å². The van der Waals surface area contributed by atoms with E-state index in [1.807, 2.05) is 70.3 Å². The highest BCUT2D eigenvalue weighted by Crippen LogP contribution is 2.27. The number of esters is 1. The van der Waals surface area contributed by atoms with Gasteiger partial charge in [0.15, 0.2) is 5.82 Å². The summed E-state index contributed by atoms with van der Waals surface area (Å²) in [7, 11) is 3.63. The number of aliphatic hydroxyl groups excluding tert-OH is 1. The summed E-state index contributed by atoms with van der Waals surface area (Å²) in [4.78, 5) is 29.9. The van der Waals surface area contributed by atoms with Crippen LogP contribution >= 0.6 is 0 Å². The van der Waals surface area contributed by atoms with Crippen LogP contribution < -0.4 is 4.74 Å². The quantitative estimate of drug-likeness (QED) is 0.285. The second-order valence-electron chi connectivity index (χ2n) is 13.1. The molecule has 3 heterocycles. The second-order valence-corrected chi connectivity index (χ2v) is 13.1. The van der Waals surface area contributed by atoms with Crippen LogP contribution in [0.25, 0.3) is 17.1 Å². The zero-order valence-electron chi connectivity index (χ0n) is 28.3. The summed E-state index contributed by atoms with van der Waals surface area (Å²) < 4.78 is 34.1. The van der Waals surface area contributed by atoms with Crippen LogP contribution in [-0.4, -0.2) is 101 Å². The highest BCUT2D eigenvalue weighted by Gasteiger charge is 2.29. The van der Waals surface area contributed by atoms with Crippen molar-refractivity contribution in [1.29, 1.82) is 0 Å². The third kappa shape index (κ3) is 8.78. The Bertz CT molecular complexity index is 1630.